The van der Waals surface area contributed by atoms with Crippen LogP contribution < -0.4 is 4.90 Å². The number of piperazine rings is 1. The average Bonchev–Trinajstić information content (AvgIpc) is 3.11. The van der Waals surface area contributed by atoms with E-state index in [0.29, 0.717) is 0 Å². The normalized spacial score (nSPS) is 16.1. The molecule has 1 saturated heterocycles. The number of imidazole rings is 1. The molecule has 1 unspecified atom stereocenters. The zero-order valence-corrected chi connectivity index (χ0v) is 15.2. The van der Waals surface area contributed by atoms with Gasteiger partial charge in [0.15, 0.2) is 0 Å². The predicted octanol–water partition coefficient (Wildman–Crippen LogP) is 2.65. The number of hydrogen-bond acceptors (Lipinski definition) is 4. The van der Waals surface area contributed by atoms with Crippen molar-refractivity contribution in [3.05, 3.63) is 54.6 Å². The summed E-state index contributed by atoms with van der Waals surface area (Å²) in [6.07, 6.45) is 3.61. The fourth-order valence-corrected chi connectivity index (χ4v) is 3.58. The fourth-order valence-electron chi connectivity index (χ4n) is 3.58. The Balaban J connectivity index is 1.45. The van der Waals surface area contributed by atoms with Gasteiger partial charge < -0.3 is 14.4 Å². The molecule has 0 spiro atoms. The summed E-state index contributed by atoms with van der Waals surface area (Å²) in [5.41, 5.74) is 4.11. The summed E-state index contributed by atoms with van der Waals surface area (Å²) in [5.74, 6) is 0.152. The van der Waals surface area contributed by atoms with Crippen LogP contribution >= 0.6 is 0 Å². The minimum Gasteiger partial charge on any atom is -0.368 e. The van der Waals surface area contributed by atoms with Gasteiger partial charge in [0.1, 0.15) is 6.04 Å². The summed E-state index contributed by atoms with van der Waals surface area (Å²) in [5, 5.41) is 0. The Morgan fingerprint density at radius 1 is 1.08 bits per heavy atom. The van der Waals surface area contributed by atoms with Crippen LogP contribution in [0.15, 0.2) is 48.9 Å². The van der Waals surface area contributed by atoms with Crippen molar-refractivity contribution in [2.45, 2.75) is 19.9 Å². The molecule has 3 aromatic rings. The Kier molecular flexibility index (Phi) is 4.32. The van der Waals surface area contributed by atoms with E-state index in [1.54, 1.807) is 6.33 Å². The smallest absolute Gasteiger partial charge is 0.245 e. The van der Waals surface area contributed by atoms with Gasteiger partial charge in [0.2, 0.25) is 5.91 Å². The lowest BCUT2D eigenvalue weighted by Crippen LogP contribution is -2.50. The van der Waals surface area contributed by atoms with Gasteiger partial charge in [-0.1, -0.05) is 12.1 Å². The highest BCUT2D eigenvalue weighted by molar-refractivity contribution is 5.84. The summed E-state index contributed by atoms with van der Waals surface area (Å²) in [6.45, 7) is 7.10. The van der Waals surface area contributed by atoms with Crippen molar-refractivity contribution in [1.29, 1.82) is 0 Å². The van der Waals surface area contributed by atoms with E-state index in [-0.39, 0.29) is 11.9 Å². The molecule has 6 nitrogen and oxygen atoms in total. The van der Waals surface area contributed by atoms with E-state index in [1.807, 2.05) is 59.8 Å². The highest BCUT2D eigenvalue weighted by Crippen LogP contribution is 2.21. The zero-order valence-electron chi connectivity index (χ0n) is 15.2. The molecule has 1 aliphatic heterocycles. The number of para-hydroxylation sites is 2. The van der Waals surface area contributed by atoms with Crippen LogP contribution in [-0.2, 0) is 4.79 Å². The van der Waals surface area contributed by atoms with Crippen molar-refractivity contribution in [1.82, 2.24) is 19.4 Å². The number of pyridine rings is 1. The average molecular weight is 349 g/mol. The maximum Gasteiger partial charge on any atom is 0.245 e. The molecule has 4 rings (SSSR count). The van der Waals surface area contributed by atoms with Gasteiger partial charge >= 0.3 is 0 Å². The van der Waals surface area contributed by atoms with E-state index >= 15 is 0 Å². The van der Waals surface area contributed by atoms with Crippen LogP contribution in [0.3, 0.4) is 0 Å². The number of aromatic nitrogens is 3. The Labute approximate surface area is 153 Å². The van der Waals surface area contributed by atoms with Crippen LogP contribution in [0.4, 0.5) is 5.69 Å². The molecule has 0 saturated carbocycles. The molecule has 3 heterocycles. The maximum absolute atomic E-state index is 13.0. The first kappa shape index (κ1) is 16.6. The number of fused-ring (bicyclic) bond motifs is 1. The minimum absolute atomic E-state index is 0.152. The number of nitrogens with zero attached hydrogens (tertiary/aromatic N) is 5. The summed E-state index contributed by atoms with van der Waals surface area (Å²) in [6, 6.07) is 11.8. The van der Waals surface area contributed by atoms with Gasteiger partial charge in [-0.15, -0.1) is 0 Å². The standard InChI is InChI=1S/C20H23N5O/c1-15-13-17(7-8-21-15)23-9-11-24(12-10-23)20(26)16(2)25-14-22-18-5-3-4-6-19(18)25/h3-8,13-14,16H,9-12H2,1-2H3. The van der Waals surface area contributed by atoms with Crippen molar-refractivity contribution >= 4 is 22.6 Å². The van der Waals surface area contributed by atoms with E-state index in [0.717, 1.165) is 42.9 Å². The lowest BCUT2D eigenvalue weighted by molar-refractivity contribution is -0.134. The Morgan fingerprint density at radius 2 is 1.85 bits per heavy atom. The van der Waals surface area contributed by atoms with Crippen LogP contribution in [0.2, 0.25) is 0 Å². The van der Waals surface area contributed by atoms with Crippen LogP contribution in [-0.4, -0.2) is 51.5 Å². The summed E-state index contributed by atoms with van der Waals surface area (Å²) in [4.78, 5) is 25.9. The monoisotopic (exact) mass is 349 g/mol. The molecule has 2 aromatic heterocycles. The molecule has 1 atom stereocenters. The SMILES string of the molecule is Cc1cc(N2CCN(C(=O)C(C)n3cnc4ccccc43)CC2)ccn1. The van der Waals surface area contributed by atoms with Crippen molar-refractivity contribution in [3.63, 3.8) is 0 Å². The minimum atomic E-state index is -0.253. The van der Waals surface area contributed by atoms with Crippen LogP contribution in [0, 0.1) is 6.92 Å². The second-order valence-electron chi connectivity index (χ2n) is 6.78. The van der Waals surface area contributed by atoms with E-state index in [2.05, 4.69) is 20.9 Å². The highest BCUT2D eigenvalue weighted by Gasteiger charge is 2.26. The second-order valence-corrected chi connectivity index (χ2v) is 6.78. The van der Waals surface area contributed by atoms with Crippen molar-refractivity contribution in [3.8, 4) is 0 Å². The second kappa shape index (κ2) is 6.78. The number of hydrogen-bond donors (Lipinski definition) is 0. The quantitative estimate of drug-likeness (QED) is 0.729. The van der Waals surface area contributed by atoms with E-state index in [4.69, 9.17) is 0 Å². The van der Waals surface area contributed by atoms with Gasteiger partial charge in [-0.3, -0.25) is 9.78 Å². The van der Waals surface area contributed by atoms with Gasteiger partial charge in [-0.05, 0) is 38.1 Å². The van der Waals surface area contributed by atoms with Gasteiger partial charge in [-0.25, -0.2) is 4.98 Å². The molecule has 0 bridgehead atoms. The fraction of sp³-hybridized carbons (Fsp3) is 0.350. The van der Waals surface area contributed by atoms with Crippen LogP contribution in [0.5, 0.6) is 0 Å². The number of carbonyl (C=O) groups excluding carboxylic acids is 1. The lowest BCUT2D eigenvalue weighted by Gasteiger charge is -2.37. The lowest BCUT2D eigenvalue weighted by atomic mass is 10.2. The third-order valence-electron chi connectivity index (χ3n) is 5.09. The first-order valence-electron chi connectivity index (χ1n) is 9.01. The van der Waals surface area contributed by atoms with Crippen LogP contribution in [0.1, 0.15) is 18.7 Å². The molecule has 1 aliphatic rings. The molecule has 0 radical (unpaired) electrons. The first-order valence-corrected chi connectivity index (χ1v) is 9.01. The van der Waals surface area contributed by atoms with E-state index in [1.165, 1.54) is 5.69 Å². The summed E-state index contributed by atoms with van der Waals surface area (Å²) < 4.78 is 1.97. The molecule has 1 amide bonds. The number of anilines is 1. The number of amides is 1. The Bertz CT molecular complexity index is 927. The summed E-state index contributed by atoms with van der Waals surface area (Å²) >= 11 is 0. The van der Waals surface area contributed by atoms with E-state index in [9.17, 15) is 4.79 Å². The third kappa shape index (κ3) is 3.03. The maximum atomic E-state index is 13.0. The number of benzene rings is 1. The number of carbonyl (C=O) groups is 1. The van der Waals surface area contributed by atoms with Crippen molar-refractivity contribution < 1.29 is 4.79 Å². The Hall–Kier alpha value is -2.89. The molecule has 6 heteroatoms. The first-order chi connectivity index (χ1) is 12.6. The molecule has 134 valence electrons. The largest absolute Gasteiger partial charge is 0.368 e. The number of rotatable bonds is 3. The predicted molar refractivity (Wildman–Crippen MR) is 102 cm³/mol. The molecule has 26 heavy (non-hydrogen) atoms. The van der Waals surface area contributed by atoms with Gasteiger partial charge in [0, 0.05) is 43.8 Å². The molecular formula is C20H23N5O. The molecule has 1 fully saturated rings. The van der Waals surface area contributed by atoms with Crippen LogP contribution in [0.25, 0.3) is 11.0 Å². The van der Waals surface area contributed by atoms with Crippen molar-refractivity contribution in [2.75, 3.05) is 31.1 Å². The molecule has 1 aromatic carbocycles. The molecule has 0 aliphatic carbocycles. The Morgan fingerprint density at radius 3 is 2.62 bits per heavy atom. The van der Waals surface area contributed by atoms with Gasteiger partial charge in [0.05, 0.1) is 17.4 Å². The third-order valence-corrected chi connectivity index (χ3v) is 5.09. The molecule has 0 N–H and O–H groups in total. The van der Waals surface area contributed by atoms with Crippen molar-refractivity contribution in [2.24, 2.45) is 0 Å². The van der Waals surface area contributed by atoms with E-state index < -0.39 is 0 Å². The summed E-state index contributed by atoms with van der Waals surface area (Å²) in [7, 11) is 0. The topological polar surface area (TPSA) is 54.3 Å². The molecular weight excluding hydrogens is 326 g/mol. The van der Waals surface area contributed by atoms with Gasteiger partial charge in [-0.2, -0.15) is 0 Å². The highest BCUT2D eigenvalue weighted by atomic mass is 16.2. The zero-order chi connectivity index (χ0) is 18.1. The number of aryl methyl sites for hydroxylation is 1. The van der Waals surface area contributed by atoms with Gasteiger partial charge in [0.25, 0.3) is 0 Å².